The molecule has 0 saturated heterocycles. The second-order valence-electron chi connectivity index (χ2n) is 7.08. The summed E-state index contributed by atoms with van der Waals surface area (Å²) in [6, 6.07) is 17.0. The molecule has 0 radical (unpaired) electrons. The van der Waals surface area contributed by atoms with Crippen LogP contribution in [-0.4, -0.2) is 29.1 Å². The van der Waals surface area contributed by atoms with Crippen LogP contribution in [0.5, 0.6) is 5.75 Å². The number of rotatable bonds is 6. The van der Waals surface area contributed by atoms with Gasteiger partial charge in [-0.05, 0) is 43.7 Å². The lowest BCUT2D eigenvalue weighted by atomic mass is 10.1. The summed E-state index contributed by atoms with van der Waals surface area (Å²) in [5.41, 5.74) is 2.33. The molecule has 0 fully saturated rings. The number of amides is 1. The highest BCUT2D eigenvalue weighted by molar-refractivity contribution is 7.17. The molecule has 0 spiro atoms. The minimum Gasteiger partial charge on any atom is -0.497 e. The SMILES string of the molecule is CCN(C(=O)Cn1c(C)nc2scc(-c3ccc(OC)cc3)c2c1=O)c1ccccc1. The Bertz CT molecular complexity index is 1280. The van der Waals surface area contributed by atoms with Crippen molar-refractivity contribution in [3.8, 4) is 16.9 Å². The van der Waals surface area contributed by atoms with Crippen LogP contribution in [0.4, 0.5) is 5.69 Å². The van der Waals surface area contributed by atoms with Crippen LogP contribution < -0.4 is 15.2 Å². The van der Waals surface area contributed by atoms with Crippen molar-refractivity contribution in [3.63, 3.8) is 0 Å². The number of nitrogens with zero attached hydrogens (tertiary/aromatic N) is 3. The normalized spacial score (nSPS) is 10.9. The molecule has 4 rings (SSSR count). The van der Waals surface area contributed by atoms with Gasteiger partial charge in [-0.25, -0.2) is 4.98 Å². The number of benzene rings is 2. The number of likely N-dealkylation sites (N-methyl/N-ethyl adjacent to an activating group) is 1. The van der Waals surface area contributed by atoms with Gasteiger partial charge in [0.2, 0.25) is 5.91 Å². The molecule has 1 amide bonds. The Morgan fingerprint density at radius 3 is 2.48 bits per heavy atom. The summed E-state index contributed by atoms with van der Waals surface area (Å²) < 4.78 is 6.70. The molecule has 31 heavy (non-hydrogen) atoms. The number of carbonyl (C=O) groups excluding carboxylic acids is 1. The fourth-order valence-electron chi connectivity index (χ4n) is 3.63. The van der Waals surface area contributed by atoms with Crippen molar-refractivity contribution in [3.05, 3.63) is 76.2 Å². The van der Waals surface area contributed by atoms with Crippen molar-refractivity contribution < 1.29 is 9.53 Å². The first kappa shape index (κ1) is 20.8. The molecule has 0 N–H and O–H groups in total. The minimum atomic E-state index is -0.202. The quantitative estimate of drug-likeness (QED) is 0.449. The van der Waals surface area contributed by atoms with E-state index in [1.807, 2.05) is 66.9 Å². The van der Waals surface area contributed by atoms with Gasteiger partial charge in [0.05, 0.1) is 12.5 Å². The Labute approximate surface area is 184 Å². The van der Waals surface area contributed by atoms with E-state index in [0.29, 0.717) is 22.6 Å². The fraction of sp³-hybridized carbons (Fsp3) is 0.208. The van der Waals surface area contributed by atoms with Crippen molar-refractivity contribution in [2.75, 3.05) is 18.6 Å². The summed E-state index contributed by atoms with van der Waals surface area (Å²) in [6.07, 6.45) is 0. The first-order chi connectivity index (χ1) is 15.0. The van der Waals surface area contributed by atoms with E-state index in [1.165, 1.54) is 15.9 Å². The van der Waals surface area contributed by atoms with Crippen molar-refractivity contribution in [2.24, 2.45) is 0 Å². The minimum absolute atomic E-state index is 0.0613. The second kappa shape index (κ2) is 8.73. The highest BCUT2D eigenvalue weighted by Gasteiger charge is 2.20. The molecule has 0 saturated carbocycles. The third-order valence-electron chi connectivity index (χ3n) is 5.26. The summed E-state index contributed by atoms with van der Waals surface area (Å²) in [5, 5.41) is 2.48. The molecule has 2 heterocycles. The van der Waals surface area contributed by atoms with Crippen molar-refractivity contribution in [1.29, 1.82) is 0 Å². The number of methoxy groups -OCH3 is 1. The van der Waals surface area contributed by atoms with Crippen molar-refractivity contribution >= 4 is 33.1 Å². The van der Waals surface area contributed by atoms with E-state index >= 15 is 0 Å². The van der Waals surface area contributed by atoms with Crippen molar-refractivity contribution in [2.45, 2.75) is 20.4 Å². The second-order valence-corrected chi connectivity index (χ2v) is 7.94. The maximum absolute atomic E-state index is 13.4. The molecule has 0 aliphatic heterocycles. The average Bonchev–Trinajstić information content (AvgIpc) is 3.22. The number of aryl methyl sites for hydroxylation is 1. The van der Waals surface area contributed by atoms with Gasteiger partial charge in [-0.1, -0.05) is 30.3 Å². The lowest BCUT2D eigenvalue weighted by Gasteiger charge is -2.22. The molecule has 6 nitrogen and oxygen atoms in total. The molecular formula is C24H23N3O3S. The zero-order valence-corrected chi connectivity index (χ0v) is 18.5. The van der Waals surface area contributed by atoms with Gasteiger partial charge in [0.1, 0.15) is 22.9 Å². The Kier molecular flexibility index (Phi) is 5.86. The number of fused-ring (bicyclic) bond motifs is 1. The molecule has 2 aromatic carbocycles. The third kappa shape index (κ3) is 3.96. The van der Waals surface area contributed by atoms with Gasteiger partial charge in [0.15, 0.2) is 0 Å². The number of ether oxygens (including phenoxy) is 1. The predicted octanol–water partition coefficient (Wildman–Crippen LogP) is 4.50. The largest absolute Gasteiger partial charge is 0.497 e. The highest BCUT2D eigenvalue weighted by atomic mass is 32.1. The molecule has 158 valence electrons. The molecule has 0 aliphatic rings. The lowest BCUT2D eigenvalue weighted by molar-refractivity contribution is -0.119. The first-order valence-electron chi connectivity index (χ1n) is 10.0. The number of hydrogen-bond donors (Lipinski definition) is 0. The lowest BCUT2D eigenvalue weighted by Crippen LogP contribution is -2.37. The van der Waals surface area contributed by atoms with Gasteiger partial charge in [-0.2, -0.15) is 0 Å². The molecule has 0 aliphatic carbocycles. The smallest absolute Gasteiger partial charge is 0.263 e. The molecule has 2 aromatic heterocycles. The maximum atomic E-state index is 13.4. The summed E-state index contributed by atoms with van der Waals surface area (Å²) in [7, 11) is 1.62. The monoisotopic (exact) mass is 433 g/mol. The van der Waals surface area contributed by atoms with E-state index in [2.05, 4.69) is 4.98 Å². The summed E-state index contributed by atoms with van der Waals surface area (Å²) in [4.78, 5) is 33.5. The van der Waals surface area contributed by atoms with Gasteiger partial charge < -0.3 is 9.64 Å². The molecule has 7 heteroatoms. The van der Waals surface area contributed by atoms with E-state index in [1.54, 1.807) is 18.9 Å². The number of carbonyl (C=O) groups is 1. The zero-order valence-electron chi connectivity index (χ0n) is 17.7. The van der Waals surface area contributed by atoms with Crippen LogP contribution in [0.1, 0.15) is 12.7 Å². The summed E-state index contributed by atoms with van der Waals surface area (Å²) in [6.45, 7) is 4.14. The van der Waals surface area contributed by atoms with Crippen LogP contribution >= 0.6 is 11.3 Å². The molecule has 0 atom stereocenters. The van der Waals surface area contributed by atoms with Gasteiger partial charge in [0, 0.05) is 23.2 Å². The van der Waals surface area contributed by atoms with E-state index in [-0.39, 0.29) is 18.0 Å². The molecule has 0 unspecified atom stereocenters. The fourth-order valence-corrected chi connectivity index (χ4v) is 4.61. The average molecular weight is 434 g/mol. The van der Waals surface area contributed by atoms with Crippen LogP contribution in [0.3, 0.4) is 0 Å². The number of hydrogen-bond acceptors (Lipinski definition) is 5. The van der Waals surface area contributed by atoms with Crippen LogP contribution in [0, 0.1) is 6.92 Å². The van der Waals surface area contributed by atoms with Crippen LogP contribution in [-0.2, 0) is 11.3 Å². The number of anilines is 1. The Balaban J connectivity index is 1.74. The molecule has 4 aromatic rings. The Hall–Kier alpha value is -3.45. The van der Waals surface area contributed by atoms with Gasteiger partial charge in [0.25, 0.3) is 5.56 Å². The topological polar surface area (TPSA) is 64.4 Å². The van der Waals surface area contributed by atoms with E-state index in [9.17, 15) is 9.59 Å². The number of aromatic nitrogens is 2. The molecule has 0 bridgehead atoms. The third-order valence-corrected chi connectivity index (χ3v) is 6.14. The van der Waals surface area contributed by atoms with Gasteiger partial charge in [-0.3, -0.25) is 14.2 Å². The molecular weight excluding hydrogens is 410 g/mol. The highest BCUT2D eigenvalue weighted by Crippen LogP contribution is 2.32. The van der Waals surface area contributed by atoms with Crippen LogP contribution in [0.2, 0.25) is 0 Å². The first-order valence-corrected chi connectivity index (χ1v) is 10.9. The van der Waals surface area contributed by atoms with E-state index < -0.39 is 0 Å². The predicted molar refractivity (Wildman–Crippen MR) is 125 cm³/mol. The van der Waals surface area contributed by atoms with Crippen LogP contribution in [0.15, 0.2) is 64.8 Å². The van der Waals surface area contributed by atoms with Crippen molar-refractivity contribution in [1.82, 2.24) is 9.55 Å². The summed E-state index contributed by atoms with van der Waals surface area (Å²) in [5.74, 6) is 1.13. The summed E-state index contributed by atoms with van der Waals surface area (Å²) >= 11 is 1.43. The standard InChI is InChI=1S/C24H23N3O3S/c1-4-26(18-8-6-5-7-9-18)21(28)14-27-16(2)25-23-22(24(27)29)20(15-31-23)17-10-12-19(30-3)13-11-17/h5-13,15H,4,14H2,1-3H3. The number of thiophene rings is 1. The van der Waals surface area contributed by atoms with E-state index in [4.69, 9.17) is 4.74 Å². The van der Waals surface area contributed by atoms with E-state index in [0.717, 1.165) is 22.6 Å². The van der Waals surface area contributed by atoms with Gasteiger partial charge in [-0.15, -0.1) is 11.3 Å². The maximum Gasteiger partial charge on any atom is 0.263 e. The Morgan fingerprint density at radius 1 is 1.13 bits per heavy atom. The zero-order chi connectivity index (χ0) is 22.0. The van der Waals surface area contributed by atoms with Crippen LogP contribution in [0.25, 0.3) is 21.3 Å². The van der Waals surface area contributed by atoms with Gasteiger partial charge >= 0.3 is 0 Å². The number of para-hydroxylation sites is 1. The Morgan fingerprint density at radius 2 is 1.84 bits per heavy atom.